The molecule has 1 saturated heterocycles. The summed E-state index contributed by atoms with van der Waals surface area (Å²) in [6.45, 7) is 1.48. The smallest absolute Gasteiger partial charge is 0.238 e. The Labute approximate surface area is 181 Å². The zero-order chi connectivity index (χ0) is 21.5. The van der Waals surface area contributed by atoms with Crippen LogP contribution < -0.4 is 20.1 Å². The summed E-state index contributed by atoms with van der Waals surface area (Å²) >= 11 is 6.17. The van der Waals surface area contributed by atoms with Gasteiger partial charge in [0.2, 0.25) is 11.8 Å². The standard InChI is InChI=1S/C22H26ClN3O4/c1-29-19-12-20(30-2)18(11-17(19)23)25-21(27)14-26-10-6-7-15(13-26)22(28)24-16-8-4-3-5-9-16/h3-5,8-9,11-12,15H,6-7,10,13-14H2,1-2H3,(H,24,28)(H,25,27). The molecule has 1 unspecified atom stereocenters. The Balaban J connectivity index is 1.58. The second kappa shape index (κ2) is 10.3. The number of piperidine rings is 1. The first-order valence-electron chi connectivity index (χ1n) is 9.79. The first-order chi connectivity index (χ1) is 14.5. The van der Waals surface area contributed by atoms with Crippen LogP contribution in [0.5, 0.6) is 11.5 Å². The first kappa shape index (κ1) is 21.9. The van der Waals surface area contributed by atoms with Crippen LogP contribution >= 0.6 is 11.6 Å². The fourth-order valence-corrected chi connectivity index (χ4v) is 3.77. The molecule has 0 aliphatic carbocycles. The summed E-state index contributed by atoms with van der Waals surface area (Å²) in [7, 11) is 3.03. The Morgan fingerprint density at radius 2 is 1.83 bits per heavy atom. The topological polar surface area (TPSA) is 79.9 Å². The van der Waals surface area contributed by atoms with Crippen molar-refractivity contribution in [3.63, 3.8) is 0 Å². The van der Waals surface area contributed by atoms with Crippen molar-refractivity contribution >= 4 is 34.8 Å². The average Bonchev–Trinajstić information content (AvgIpc) is 2.75. The van der Waals surface area contributed by atoms with Crippen LogP contribution in [0.3, 0.4) is 0 Å². The fourth-order valence-electron chi connectivity index (χ4n) is 3.53. The van der Waals surface area contributed by atoms with Gasteiger partial charge in [0.25, 0.3) is 0 Å². The minimum atomic E-state index is -0.196. The molecule has 30 heavy (non-hydrogen) atoms. The van der Waals surface area contributed by atoms with Gasteiger partial charge in [0, 0.05) is 18.3 Å². The highest BCUT2D eigenvalue weighted by Crippen LogP contribution is 2.35. The predicted molar refractivity (Wildman–Crippen MR) is 117 cm³/mol. The van der Waals surface area contributed by atoms with Gasteiger partial charge in [-0.1, -0.05) is 29.8 Å². The Hall–Kier alpha value is -2.77. The molecule has 1 fully saturated rings. The normalized spacial score (nSPS) is 16.6. The lowest BCUT2D eigenvalue weighted by atomic mass is 9.97. The van der Waals surface area contributed by atoms with Gasteiger partial charge in [-0.15, -0.1) is 0 Å². The van der Waals surface area contributed by atoms with E-state index in [0.717, 1.165) is 25.1 Å². The molecule has 0 spiro atoms. The molecule has 1 heterocycles. The van der Waals surface area contributed by atoms with Crippen LogP contribution in [0.15, 0.2) is 42.5 Å². The Bertz CT molecular complexity index is 891. The van der Waals surface area contributed by atoms with Gasteiger partial charge in [-0.25, -0.2) is 0 Å². The zero-order valence-electron chi connectivity index (χ0n) is 17.1. The van der Waals surface area contributed by atoms with Crippen molar-refractivity contribution in [2.45, 2.75) is 12.8 Å². The first-order valence-corrected chi connectivity index (χ1v) is 10.2. The maximum atomic E-state index is 12.6. The van der Waals surface area contributed by atoms with Gasteiger partial charge in [-0.3, -0.25) is 14.5 Å². The molecule has 2 aromatic rings. The second-order valence-corrected chi connectivity index (χ2v) is 7.57. The number of amides is 2. The molecule has 0 aromatic heterocycles. The lowest BCUT2D eigenvalue weighted by molar-refractivity contribution is -0.123. The molecule has 3 rings (SSSR count). The van der Waals surface area contributed by atoms with E-state index >= 15 is 0 Å². The summed E-state index contributed by atoms with van der Waals surface area (Å²) in [4.78, 5) is 27.2. The van der Waals surface area contributed by atoms with Crippen LogP contribution in [-0.4, -0.2) is 50.6 Å². The number of carbonyl (C=O) groups excluding carboxylic acids is 2. The number of nitrogens with zero attached hydrogens (tertiary/aromatic N) is 1. The van der Waals surface area contributed by atoms with Crippen LogP contribution in [0, 0.1) is 5.92 Å². The molecule has 0 bridgehead atoms. The number of methoxy groups -OCH3 is 2. The maximum absolute atomic E-state index is 12.6. The van der Waals surface area contributed by atoms with Gasteiger partial charge >= 0.3 is 0 Å². The molecule has 7 nitrogen and oxygen atoms in total. The van der Waals surface area contributed by atoms with Crippen molar-refractivity contribution in [3.05, 3.63) is 47.5 Å². The zero-order valence-corrected chi connectivity index (χ0v) is 17.9. The third-order valence-electron chi connectivity index (χ3n) is 5.03. The Morgan fingerprint density at radius 3 is 2.53 bits per heavy atom. The molecule has 2 N–H and O–H groups in total. The number of likely N-dealkylation sites (tertiary alicyclic amines) is 1. The van der Waals surface area contributed by atoms with Gasteiger partial charge in [0.15, 0.2) is 0 Å². The number of para-hydroxylation sites is 1. The van der Waals surface area contributed by atoms with E-state index in [4.69, 9.17) is 21.1 Å². The summed E-state index contributed by atoms with van der Waals surface area (Å²) < 4.78 is 10.5. The van der Waals surface area contributed by atoms with Gasteiger partial charge in [-0.2, -0.15) is 0 Å². The molecule has 1 atom stereocenters. The molecule has 160 valence electrons. The average molecular weight is 432 g/mol. The van der Waals surface area contributed by atoms with Crippen LogP contribution in [0.1, 0.15) is 12.8 Å². The van der Waals surface area contributed by atoms with E-state index in [1.165, 1.54) is 14.2 Å². The minimum absolute atomic E-state index is 0.0186. The number of hydrogen-bond donors (Lipinski definition) is 2. The highest BCUT2D eigenvalue weighted by molar-refractivity contribution is 6.32. The van der Waals surface area contributed by atoms with E-state index in [1.807, 2.05) is 35.2 Å². The second-order valence-electron chi connectivity index (χ2n) is 7.16. The van der Waals surface area contributed by atoms with E-state index < -0.39 is 0 Å². The number of ether oxygens (including phenoxy) is 2. The van der Waals surface area contributed by atoms with Crippen molar-refractivity contribution in [3.8, 4) is 11.5 Å². The maximum Gasteiger partial charge on any atom is 0.238 e. The monoisotopic (exact) mass is 431 g/mol. The largest absolute Gasteiger partial charge is 0.495 e. The van der Waals surface area contributed by atoms with Crippen LogP contribution in [0.2, 0.25) is 5.02 Å². The number of anilines is 2. The molecular formula is C22H26ClN3O4. The number of nitrogens with one attached hydrogen (secondary N) is 2. The number of rotatable bonds is 7. The van der Waals surface area contributed by atoms with Crippen molar-refractivity contribution in [2.75, 3.05) is 44.5 Å². The number of benzene rings is 2. The number of carbonyl (C=O) groups is 2. The van der Waals surface area contributed by atoms with Crippen LogP contribution in [0.25, 0.3) is 0 Å². The predicted octanol–water partition coefficient (Wildman–Crippen LogP) is 3.65. The lowest BCUT2D eigenvalue weighted by Crippen LogP contribution is -2.44. The van der Waals surface area contributed by atoms with Gasteiger partial charge < -0.3 is 20.1 Å². The summed E-state index contributed by atoms with van der Waals surface area (Å²) in [6, 6.07) is 12.6. The third-order valence-corrected chi connectivity index (χ3v) is 5.33. The quantitative estimate of drug-likeness (QED) is 0.699. The summed E-state index contributed by atoms with van der Waals surface area (Å²) in [6.07, 6.45) is 1.66. The molecule has 8 heteroatoms. The minimum Gasteiger partial charge on any atom is -0.495 e. The van der Waals surface area contributed by atoms with E-state index in [1.54, 1.807) is 12.1 Å². The van der Waals surface area contributed by atoms with Crippen molar-refractivity contribution in [1.82, 2.24) is 4.90 Å². The molecule has 2 aromatic carbocycles. The van der Waals surface area contributed by atoms with Crippen LogP contribution in [0.4, 0.5) is 11.4 Å². The highest BCUT2D eigenvalue weighted by atomic mass is 35.5. The van der Waals surface area contributed by atoms with Crippen molar-refractivity contribution in [1.29, 1.82) is 0 Å². The van der Waals surface area contributed by atoms with E-state index in [2.05, 4.69) is 10.6 Å². The van der Waals surface area contributed by atoms with E-state index in [9.17, 15) is 9.59 Å². The molecule has 1 aliphatic rings. The van der Waals surface area contributed by atoms with E-state index in [0.29, 0.717) is 28.8 Å². The van der Waals surface area contributed by atoms with Crippen molar-refractivity contribution in [2.24, 2.45) is 5.92 Å². The third kappa shape index (κ3) is 5.64. The van der Waals surface area contributed by atoms with Gasteiger partial charge in [0.1, 0.15) is 11.5 Å². The number of hydrogen-bond acceptors (Lipinski definition) is 5. The fraction of sp³-hybridized carbons (Fsp3) is 0.364. The van der Waals surface area contributed by atoms with Gasteiger partial charge in [0.05, 0.1) is 37.4 Å². The summed E-state index contributed by atoms with van der Waals surface area (Å²) in [5.74, 6) is 0.559. The molecule has 0 radical (unpaired) electrons. The Morgan fingerprint density at radius 1 is 1.10 bits per heavy atom. The SMILES string of the molecule is COc1cc(OC)c(NC(=O)CN2CCCC(C(=O)Nc3ccccc3)C2)cc1Cl. The van der Waals surface area contributed by atoms with E-state index in [-0.39, 0.29) is 24.3 Å². The Kier molecular flexibility index (Phi) is 7.54. The molecular weight excluding hydrogens is 406 g/mol. The molecule has 0 saturated carbocycles. The molecule has 2 amide bonds. The van der Waals surface area contributed by atoms with Gasteiger partial charge in [-0.05, 0) is 37.6 Å². The highest BCUT2D eigenvalue weighted by Gasteiger charge is 2.27. The van der Waals surface area contributed by atoms with Crippen LogP contribution in [-0.2, 0) is 9.59 Å². The summed E-state index contributed by atoms with van der Waals surface area (Å²) in [5, 5.41) is 6.17. The summed E-state index contributed by atoms with van der Waals surface area (Å²) in [5.41, 5.74) is 1.25. The molecule has 1 aliphatic heterocycles. The number of halogens is 1. The van der Waals surface area contributed by atoms with Crippen molar-refractivity contribution < 1.29 is 19.1 Å². The lowest BCUT2D eigenvalue weighted by Gasteiger charge is -2.31.